The highest BCUT2D eigenvalue weighted by molar-refractivity contribution is 14.0. The summed E-state index contributed by atoms with van der Waals surface area (Å²) in [4.78, 5) is 4.15. The van der Waals surface area contributed by atoms with Gasteiger partial charge >= 0.3 is 0 Å². The molecule has 5 heteroatoms. The van der Waals surface area contributed by atoms with Gasteiger partial charge in [-0.3, -0.25) is 4.99 Å². The van der Waals surface area contributed by atoms with Crippen molar-refractivity contribution in [3.05, 3.63) is 42.5 Å². The monoisotopic (exact) mass is 389 g/mol. The van der Waals surface area contributed by atoms with Crippen LogP contribution in [0.25, 0.3) is 0 Å². The van der Waals surface area contributed by atoms with Crippen LogP contribution in [-0.2, 0) is 0 Å². The van der Waals surface area contributed by atoms with Crippen LogP contribution in [0.1, 0.15) is 18.4 Å². The van der Waals surface area contributed by atoms with Crippen molar-refractivity contribution < 1.29 is 4.74 Å². The van der Waals surface area contributed by atoms with E-state index in [0.717, 1.165) is 18.3 Å². The Morgan fingerprint density at radius 2 is 2.10 bits per heavy atom. The Morgan fingerprint density at radius 3 is 2.70 bits per heavy atom. The van der Waals surface area contributed by atoms with E-state index in [0.29, 0.717) is 12.5 Å². The summed E-state index contributed by atoms with van der Waals surface area (Å²) in [5, 5.41) is 6.43. The number of benzene rings is 1. The summed E-state index contributed by atoms with van der Waals surface area (Å²) in [7, 11) is 3.45. The zero-order valence-corrected chi connectivity index (χ0v) is 14.7. The van der Waals surface area contributed by atoms with E-state index in [4.69, 9.17) is 4.74 Å². The molecule has 1 aromatic carbocycles. The number of nitrogens with one attached hydrogen (secondary N) is 2. The molecule has 0 aromatic heterocycles. The molecule has 0 aliphatic rings. The molecular formula is C15H24IN3O. The van der Waals surface area contributed by atoms with Gasteiger partial charge in [0.15, 0.2) is 5.96 Å². The Hall–Kier alpha value is -1.24. The molecule has 0 amide bonds. The molecule has 0 fully saturated rings. The molecule has 20 heavy (non-hydrogen) atoms. The number of hydrogen-bond donors (Lipinski definition) is 2. The van der Waals surface area contributed by atoms with Gasteiger partial charge in [-0.15, -0.1) is 30.6 Å². The molecule has 0 spiro atoms. The fourth-order valence-electron chi connectivity index (χ4n) is 1.82. The molecule has 0 aliphatic carbocycles. The van der Waals surface area contributed by atoms with Crippen LogP contribution in [0.5, 0.6) is 5.75 Å². The third-order valence-electron chi connectivity index (χ3n) is 2.88. The quantitative estimate of drug-likeness (QED) is 0.341. The lowest BCUT2D eigenvalue weighted by molar-refractivity contribution is 0.406. The molecule has 0 radical (unpaired) electrons. The Balaban J connectivity index is 0.00000361. The van der Waals surface area contributed by atoms with Crippen LogP contribution in [0.4, 0.5) is 0 Å². The van der Waals surface area contributed by atoms with E-state index < -0.39 is 0 Å². The van der Waals surface area contributed by atoms with E-state index >= 15 is 0 Å². The van der Waals surface area contributed by atoms with Gasteiger partial charge < -0.3 is 15.4 Å². The Bertz CT molecular complexity index is 435. The Morgan fingerprint density at radius 1 is 1.40 bits per heavy atom. The number of halogens is 1. The second-order valence-electron chi connectivity index (χ2n) is 4.27. The van der Waals surface area contributed by atoms with Gasteiger partial charge in [-0.1, -0.05) is 31.2 Å². The van der Waals surface area contributed by atoms with E-state index in [1.807, 2.05) is 18.2 Å². The average molecular weight is 389 g/mol. The maximum absolute atomic E-state index is 5.38. The van der Waals surface area contributed by atoms with Crippen LogP contribution >= 0.6 is 24.0 Å². The summed E-state index contributed by atoms with van der Waals surface area (Å²) in [6, 6.07) is 8.08. The molecule has 0 bridgehead atoms. The third kappa shape index (κ3) is 5.81. The molecule has 0 heterocycles. The average Bonchev–Trinajstić information content (AvgIpc) is 2.47. The van der Waals surface area contributed by atoms with Crippen LogP contribution in [0.3, 0.4) is 0 Å². The normalized spacial score (nSPS) is 12.1. The SMILES string of the molecule is C=CCNC(=NC)NCC(C)c1ccccc1OC.I. The van der Waals surface area contributed by atoms with Crippen molar-refractivity contribution in [1.29, 1.82) is 0 Å². The number of nitrogens with zero attached hydrogens (tertiary/aromatic N) is 1. The van der Waals surface area contributed by atoms with Crippen molar-refractivity contribution in [2.45, 2.75) is 12.8 Å². The van der Waals surface area contributed by atoms with Gasteiger partial charge in [0.1, 0.15) is 5.75 Å². The predicted octanol–water partition coefficient (Wildman–Crippen LogP) is 2.77. The lowest BCUT2D eigenvalue weighted by atomic mass is 10.0. The summed E-state index contributed by atoms with van der Waals surface area (Å²) in [5.41, 5.74) is 1.19. The highest BCUT2D eigenvalue weighted by atomic mass is 127. The maximum Gasteiger partial charge on any atom is 0.191 e. The first-order valence-electron chi connectivity index (χ1n) is 6.41. The molecule has 1 unspecified atom stereocenters. The maximum atomic E-state index is 5.38. The lowest BCUT2D eigenvalue weighted by Gasteiger charge is -2.18. The minimum Gasteiger partial charge on any atom is -0.496 e. The summed E-state index contributed by atoms with van der Waals surface area (Å²) in [6.07, 6.45) is 1.80. The molecule has 1 aromatic rings. The van der Waals surface area contributed by atoms with Gasteiger partial charge in [-0.05, 0) is 11.6 Å². The van der Waals surface area contributed by atoms with Crippen LogP contribution in [0, 0.1) is 0 Å². The topological polar surface area (TPSA) is 45.7 Å². The largest absolute Gasteiger partial charge is 0.496 e. The van der Waals surface area contributed by atoms with Gasteiger partial charge in [0.05, 0.1) is 7.11 Å². The van der Waals surface area contributed by atoms with Crippen LogP contribution in [-0.4, -0.2) is 33.2 Å². The van der Waals surface area contributed by atoms with Crippen LogP contribution < -0.4 is 15.4 Å². The molecule has 0 aliphatic heterocycles. The van der Waals surface area contributed by atoms with E-state index in [2.05, 4.69) is 35.2 Å². The number of methoxy groups -OCH3 is 1. The predicted molar refractivity (Wildman–Crippen MR) is 96.4 cm³/mol. The molecule has 1 rings (SSSR count). The number of ether oxygens (including phenoxy) is 1. The van der Waals surface area contributed by atoms with Crippen molar-refractivity contribution in [2.75, 3.05) is 27.2 Å². The Kier molecular flexibility index (Phi) is 9.88. The highest BCUT2D eigenvalue weighted by Crippen LogP contribution is 2.25. The van der Waals surface area contributed by atoms with Crippen molar-refractivity contribution >= 4 is 29.9 Å². The van der Waals surface area contributed by atoms with Crippen molar-refractivity contribution in [2.24, 2.45) is 4.99 Å². The first-order valence-corrected chi connectivity index (χ1v) is 6.41. The van der Waals surface area contributed by atoms with E-state index in [-0.39, 0.29) is 24.0 Å². The zero-order chi connectivity index (χ0) is 14.1. The summed E-state index contributed by atoms with van der Waals surface area (Å²) >= 11 is 0. The van der Waals surface area contributed by atoms with Crippen molar-refractivity contribution in [3.63, 3.8) is 0 Å². The van der Waals surface area contributed by atoms with E-state index in [9.17, 15) is 0 Å². The first kappa shape index (κ1) is 18.8. The van der Waals surface area contributed by atoms with Gasteiger partial charge in [-0.2, -0.15) is 0 Å². The van der Waals surface area contributed by atoms with Gasteiger partial charge in [0.25, 0.3) is 0 Å². The molecule has 2 N–H and O–H groups in total. The summed E-state index contributed by atoms with van der Waals surface area (Å²) < 4.78 is 5.38. The van der Waals surface area contributed by atoms with E-state index in [1.54, 1.807) is 20.2 Å². The minimum atomic E-state index is 0. The van der Waals surface area contributed by atoms with Gasteiger partial charge in [0.2, 0.25) is 0 Å². The molecule has 1 atom stereocenters. The molecular weight excluding hydrogens is 365 g/mol. The number of guanidine groups is 1. The molecule has 112 valence electrons. The van der Waals surface area contributed by atoms with Gasteiger partial charge in [-0.25, -0.2) is 0 Å². The Labute approximate surface area is 138 Å². The smallest absolute Gasteiger partial charge is 0.191 e. The fraction of sp³-hybridized carbons (Fsp3) is 0.400. The fourth-order valence-corrected chi connectivity index (χ4v) is 1.82. The highest BCUT2D eigenvalue weighted by Gasteiger charge is 2.11. The minimum absolute atomic E-state index is 0. The second kappa shape index (κ2) is 10.5. The number of hydrogen-bond acceptors (Lipinski definition) is 2. The summed E-state index contributed by atoms with van der Waals surface area (Å²) in [5.74, 6) is 2.03. The summed E-state index contributed by atoms with van der Waals surface area (Å²) in [6.45, 7) is 7.32. The number of aliphatic imine (C=N–C) groups is 1. The van der Waals surface area contributed by atoms with Crippen molar-refractivity contribution in [1.82, 2.24) is 10.6 Å². The molecule has 0 saturated carbocycles. The lowest BCUT2D eigenvalue weighted by Crippen LogP contribution is -2.39. The molecule has 0 saturated heterocycles. The standard InChI is InChI=1S/C15H23N3O.HI/c1-5-10-17-15(16-3)18-11-12(2)13-8-6-7-9-14(13)19-4;/h5-9,12H,1,10-11H2,2-4H3,(H2,16,17,18);1H. The van der Waals surface area contributed by atoms with Gasteiger partial charge in [0, 0.05) is 26.1 Å². The zero-order valence-electron chi connectivity index (χ0n) is 12.3. The van der Waals surface area contributed by atoms with Crippen LogP contribution in [0.2, 0.25) is 0 Å². The second-order valence-corrected chi connectivity index (χ2v) is 4.27. The van der Waals surface area contributed by atoms with Crippen LogP contribution in [0.15, 0.2) is 41.9 Å². The first-order chi connectivity index (χ1) is 9.22. The third-order valence-corrected chi connectivity index (χ3v) is 2.88. The van der Waals surface area contributed by atoms with E-state index in [1.165, 1.54) is 5.56 Å². The molecule has 4 nitrogen and oxygen atoms in total. The number of para-hydroxylation sites is 1. The van der Waals surface area contributed by atoms with Crippen molar-refractivity contribution in [3.8, 4) is 5.75 Å². The number of rotatable bonds is 6.